The second-order valence-electron chi connectivity index (χ2n) is 12.5. The lowest BCUT2D eigenvalue weighted by Crippen LogP contribution is -2.45. The molecule has 47 heavy (non-hydrogen) atoms. The van der Waals surface area contributed by atoms with E-state index in [-0.39, 0.29) is 18.4 Å². The van der Waals surface area contributed by atoms with Crippen LogP contribution in [0.4, 0.5) is 0 Å². The highest BCUT2D eigenvalue weighted by atomic mass is 35.5. The largest absolute Gasteiger partial charge is 0.353 e. The van der Waals surface area contributed by atoms with E-state index < -0.39 is 5.41 Å². The second-order valence-corrected chi connectivity index (χ2v) is 13.3. The summed E-state index contributed by atoms with van der Waals surface area (Å²) >= 11 is 12.7. The number of nitrogens with zero attached hydrogens (tertiary/aromatic N) is 1. The van der Waals surface area contributed by atoms with Crippen molar-refractivity contribution in [1.29, 1.82) is 0 Å². The van der Waals surface area contributed by atoms with E-state index in [9.17, 15) is 9.59 Å². The number of aromatic amines is 1. The average Bonchev–Trinajstić information content (AvgIpc) is 3.55. The zero-order valence-electron chi connectivity index (χ0n) is 26.4. The highest BCUT2D eigenvalue weighted by Crippen LogP contribution is 2.38. The first-order chi connectivity index (χ1) is 22.9. The smallest absolute Gasteiger partial charge is 0.268 e. The van der Waals surface area contributed by atoms with Gasteiger partial charge in [-0.05, 0) is 104 Å². The number of carbonyl (C=O) groups excluding carboxylic acids is 2. The summed E-state index contributed by atoms with van der Waals surface area (Å²) < 4.78 is 0. The van der Waals surface area contributed by atoms with Gasteiger partial charge in [-0.2, -0.15) is 0 Å². The Morgan fingerprint density at radius 3 is 2.04 bits per heavy atom. The van der Waals surface area contributed by atoms with Crippen molar-refractivity contribution < 1.29 is 9.59 Å². The Kier molecular flexibility index (Phi) is 10.6. The van der Waals surface area contributed by atoms with Crippen LogP contribution in [0.1, 0.15) is 58.8 Å². The number of likely N-dealkylation sites (tertiary alicyclic amines) is 1. The highest BCUT2D eigenvalue weighted by Gasteiger charge is 2.35. The molecule has 0 radical (unpaired) electrons. The van der Waals surface area contributed by atoms with Crippen LogP contribution in [-0.4, -0.2) is 54.4 Å². The predicted octanol–water partition coefficient (Wildman–Crippen LogP) is 7.97. The highest BCUT2D eigenvalue weighted by molar-refractivity contribution is 6.30. The Balaban J connectivity index is 1.15. The number of halogens is 2. The summed E-state index contributed by atoms with van der Waals surface area (Å²) in [7, 11) is 0. The van der Waals surface area contributed by atoms with Gasteiger partial charge in [0.1, 0.15) is 5.69 Å². The van der Waals surface area contributed by atoms with Crippen molar-refractivity contribution in [2.24, 2.45) is 0 Å². The molecule has 1 aromatic heterocycles. The first-order valence-corrected chi connectivity index (χ1v) is 17.1. The predicted molar refractivity (Wildman–Crippen MR) is 191 cm³/mol. The Bertz CT molecular complexity index is 1700. The summed E-state index contributed by atoms with van der Waals surface area (Å²) in [5.41, 5.74) is 4.32. The number of carbonyl (C=O) groups is 2. The van der Waals surface area contributed by atoms with Crippen molar-refractivity contribution in [3.05, 3.63) is 142 Å². The molecular weight excluding hydrogens is 627 g/mol. The lowest BCUT2D eigenvalue weighted by Gasteiger charge is -2.37. The second kappa shape index (κ2) is 15.2. The fourth-order valence-corrected chi connectivity index (χ4v) is 7.12. The summed E-state index contributed by atoms with van der Waals surface area (Å²) in [5.74, 6) is 0.0280. The zero-order valence-corrected chi connectivity index (χ0v) is 27.9. The van der Waals surface area contributed by atoms with E-state index >= 15 is 0 Å². The maximum absolute atomic E-state index is 13.3. The van der Waals surface area contributed by atoms with Crippen LogP contribution in [-0.2, 0) is 10.2 Å². The van der Waals surface area contributed by atoms with Crippen LogP contribution in [0.2, 0.25) is 10.0 Å². The summed E-state index contributed by atoms with van der Waals surface area (Å²) in [6.07, 6.45) is 4.05. The van der Waals surface area contributed by atoms with Crippen LogP contribution in [0.3, 0.4) is 0 Å². The van der Waals surface area contributed by atoms with E-state index in [1.54, 1.807) is 6.07 Å². The first kappa shape index (κ1) is 32.8. The van der Waals surface area contributed by atoms with Crippen LogP contribution < -0.4 is 10.6 Å². The Morgan fingerprint density at radius 1 is 0.787 bits per heavy atom. The van der Waals surface area contributed by atoms with Crippen molar-refractivity contribution in [3.63, 3.8) is 0 Å². The number of benzene rings is 4. The summed E-state index contributed by atoms with van der Waals surface area (Å²) in [4.78, 5) is 31.8. The van der Waals surface area contributed by atoms with Gasteiger partial charge in [0.05, 0.1) is 6.54 Å². The molecule has 0 saturated carbocycles. The van der Waals surface area contributed by atoms with Crippen LogP contribution in [0.25, 0.3) is 10.9 Å². The van der Waals surface area contributed by atoms with Crippen LogP contribution >= 0.6 is 23.2 Å². The van der Waals surface area contributed by atoms with Crippen LogP contribution in [0.5, 0.6) is 0 Å². The Morgan fingerprint density at radius 2 is 1.40 bits per heavy atom. The molecule has 5 aromatic rings. The average molecular weight is 668 g/mol. The van der Waals surface area contributed by atoms with Crippen molar-refractivity contribution >= 4 is 45.9 Å². The van der Waals surface area contributed by atoms with Gasteiger partial charge in [-0.1, -0.05) is 96.0 Å². The van der Waals surface area contributed by atoms with Crippen molar-refractivity contribution in [1.82, 2.24) is 20.5 Å². The quantitative estimate of drug-likeness (QED) is 0.126. The number of nitrogens with one attached hydrogen (secondary N) is 3. The Labute approximate surface area is 286 Å². The molecule has 1 saturated heterocycles. The molecule has 0 unspecified atom stereocenters. The maximum atomic E-state index is 13.3. The Hall–Kier alpha value is -4.10. The molecule has 242 valence electrons. The minimum Gasteiger partial charge on any atom is -0.353 e. The SMILES string of the molecule is O=C(CNC(=O)c1cc2ccccc2[nH]1)NCC(CCCN1CCC(c2ccccc2)CC1)(c1ccc(Cl)cc1)c1ccc(Cl)cc1. The third-order valence-electron chi connectivity index (χ3n) is 9.50. The van der Waals surface area contributed by atoms with Gasteiger partial charge in [0, 0.05) is 32.9 Å². The molecular formula is C39H40Cl2N4O2. The van der Waals surface area contributed by atoms with Gasteiger partial charge in [-0.25, -0.2) is 0 Å². The maximum Gasteiger partial charge on any atom is 0.268 e. The van der Waals surface area contributed by atoms with Gasteiger partial charge < -0.3 is 20.5 Å². The number of para-hydroxylation sites is 1. The van der Waals surface area contributed by atoms with Crippen molar-refractivity contribution in [2.75, 3.05) is 32.7 Å². The lowest BCUT2D eigenvalue weighted by molar-refractivity contribution is -0.120. The molecule has 8 heteroatoms. The van der Waals surface area contributed by atoms with E-state index in [1.165, 1.54) is 5.56 Å². The molecule has 3 N–H and O–H groups in total. The fourth-order valence-electron chi connectivity index (χ4n) is 6.87. The van der Waals surface area contributed by atoms with Crippen molar-refractivity contribution in [2.45, 2.75) is 37.0 Å². The normalized spacial score (nSPS) is 14.3. The van der Waals surface area contributed by atoms with Gasteiger partial charge in [-0.15, -0.1) is 0 Å². The monoisotopic (exact) mass is 666 g/mol. The van der Waals surface area contributed by atoms with E-state index in [2.05, 4.69) is 50.8 Å². The summed E-state index contributed by atoms with van der Waals surface area (Å²) in [5, 5.41) is 8.18. The van der Waals surface area contributed by atoms with Crippen molar-refractivity contribution in [3.8, 4) is 0 Å². The minimum atomic E-state index is -0.533. The lowest BCUT2D eigenvalue weighted by atomic mass is 9.71. The van der Waals surface area contributed by atoms with E-state index in [1.807, 2.05) is 72.8 Å². The molecule has 2 amide bonds. The molecule has 1 fully saturated rings. The molecule has 4 aromatic carbocycles. The number of fused-ring (bicyclic) bond motifs is 1. The molecule has 1 aliphatic heterocycles. The third kappa shape index (κ3) is 8.07. The number of hydrogen-bond acceptors (Lipinski definition) is 3. The zero-order chi connectivity index (χ0) is 32.6. The van der Waals surface area contributed by atoms with Crippen LogP contribution in [0, 0.1) is 0 Å². The van der Waals surface area contributed by atoms with Gasteiger partial charge in [0.2, 0.25) is 5.91 Å². The molecule has 0 bridgehead atoms. The summed E-state index contributed by atoms with van der Waals surface area (Å²) in [6.45, 7) is 3.33. The van der Waals surface area contributed by atoms with E-state index in [0.29, 0.717) is 28.2 Å². The number of hydrogen-bond donors (Lipinski definition) is 3. The molecule has 0 atom stereocenters. The number of amides is 2. The standard InChI is InChI=1S/C39H40Cl2N4O2/c40-33-15-11-31(12-16-33)39(32-13-17-34(41)18-14-32,21-6-22-45-23-19-29(20-24-45)28-7-2-1-3-8-28)27-43-37(46)26-42-38(47)36-25-30-9-4-5-10-35(30)44-36/h1-5,7-18,25,29,44H,6,19-24,26-27H2,(H,42,47)(H,43,46). The molecule has 1 aliphatic rings. The number of H-pyrrole nitrogens is 1. The fraction of sp³-hybridized carbons (Fsp3) is 0.282. The van der Waals surface area contributed by atoms with E-state index in [0.717, 1.165) is 67.3 Å². The first-order valence-electron chi connectivity index (χ1n) is 16.3. The molecule has 0 aliphatic carbocycles. The van der Waals surface area contributed by atoms with Gasteiger partial charge in [0.15, 0.2) is 0 Å². The number of aromatic nitrogens is 1. The molecule has 0 spiro atoms. The van der Waals surface area contributed by atoms with Gasteiger partial charge in [-0.3, -0.25) is 9.59 Å². The van der Waals surface area contributed by atoms with Gasteiger partial charge >= 0.3 is 0 Å². The summed E-state index contributed by atoms with van der Waals surface area (Å²) in [6, 6.07) is 36.1. The third-order valence-corrected chi connectivity index (χ3v) is 10.0. The molecule has 6 rings (SSSR count). The number of rotatable bonds is 12. The number of piperidine rings is 1. The van der Waals surface area contributed by atoms with Gasteiger partial charge in [0.25, 0.3) is 5.91 Å². The topological polar surface area (TPSA) is 77.2 Å². The molecule has 6 nitrogen and oxygen atoms in total. The minimum absolute atomic E-state index is 0.137. The van der Waals surface area contributed by atoms with E-state index in [4.69, 9.17) is 23.2 Å². The van der Waals surface area contributed by atoms with Crippen LogP contribution in [0.15, 0.2) is 109 Å². The molecule has 2 heterocycles.